The van der Waals surface area contributed by atoms with E-state index in [2.05, 4.69) is 28.9 Å². The maximum atomic E-state index is 13.5. The minimum Gasteiger partial charge on any atom is -0.486 e. The molecule has 1 unspecified atom stereocenters. The topological polar surface area (TPSA) is 41.6 Å². The van der Waals surface area contributed by atoms with Crippen LogP contribution in [0, 0.1) is 11.7 Å². The summed E-state index contributed by atoms with van der Waals surface area (Å²) in [6, 6.07) is 14.8. The summed E-state index contributed by atoms with van der Waals surface area (Å²) in [6.45, 7) is 12.7. The van der Waals surface area contributed by atoms with E-state index in [4.69, 9.17) is 4.74 Å². The number of anilines is 1. The molecule has 0 bridgehead atoms. The lowest BCUT2D eigenvalue weighted by atomic mass is 9.89. The number of carbonyl (C=O) groups excluding carboxylic acids is 1. The zero-order valence-corrected chi connectivity index (χ0v) is 21.8. The number of hydrogen-bond donors (Lipinski definition) is 1. The van der Waals surface area contributed by atoms with Crippen molar-refractivity contribution >= 4 is 11.6 Å². The Kier molecular flexibility index (Phi) is 10.5. The highest BCUT2D eigenvalue weighted by molar-refractivity contribution is 5.92. The van der Waals surface area contributed by atoms with Crippen molar-refractivity contribution in [2.45, 2.75) is 52.1 Å². The van der Waals surface area contributed by atoms with Crippen LogP contribution in [0.25, 0.3) is 0 Å². The average molecular weight is 491 g/mol. The number of nitrogens with zero attached hydrogens (tertiary/aromatic N) is 1. The molecule has 3 rings (SSSR count). The maximum absolute atomic E-state index is 13.5. The Labute approximate surface area is 215 Å². The average Bonchev–Trinajstić information content (AvgIpc) is 2.87. The third-order valence-corrected chi connectivity index (χ3v) is 6.57. The van der Waals surface area contributed by atoms with Crippen molar-refractivity contribution < 1.29 is 13.9 Å². The fraction of sp³-hybridized carbons (Fsp3) is 0.387. The highest BCUT2D eigenvalue weighted by Gasteiger charge is 2.23. The molecule has 1 amide bonds. The van der Waals surface area contributed by atoms with Crippen molar-refractivity contribution in [2.24, 2.45) is 5.92 Å². The van der Waals surface area contributed by atoms with Gasteiger partial charge < -0.3 is 15.0 Å². The van der Waals surface area contributed by atoms with E-state index >= 15 is 0 Å². The van der Waals surface area contributed by atoms with Gasteiger partial charge >= 0.3 is 0 Å². The molecular formula is C31H39FN2O2. The summed E-state index contributed by atoms with van der Waals surface area (Å²) in [7, 11) is 0. The van der Waals surface area contributed by atoms with Gasteiger partial charge in [0.05, 0.1) is 0 Å². The van der Waals surface area contributed by atoms with Crippen molar-refractivity contribution in [3.05, 3.63) is 102 Å². The summed E-state index contributed by atoms with van der Waals surface area (Å²) in [5.74, 6) is 0.823. The number of rotatable bonds is 11. The van der Waals surface area contributed by atoms with Gasteiger partial charge in [0.2, 0.25) is 5.91 Å². The Bertz CT molecular complexity index is 1050. The van der Waals surface area contributed by atoms with Crippen molar-refractivity contribution in [3.63, 3.8) is 0 Å². The summed E-state index contributed by atoms with van der Waals surface area (Å²) in [5, 5.41) is 3.01. The van der Waals surface area contributed by atoms with Crippen LogP contribution in [-0.4, -0.2) is 30.4 Å². The molecule has 1 N–H and O–H groups in total. The van der Waals surface area contributed by atoms with Crippen molar-refractivity contribution in [1.82, 2.24) is 4.90 Å². The summed E-state index contributed by atoms with van der Waals surface area (Å²) in [5.41, 5.74) is 3.11. The first-order chi connectivity index (χ1) is 17.4. The first kappa shape index (κ1) is 27.4. The third kappa shape index (κ3) is 8.49. The van der Waals surface area contributed by atoms with Crippen molar-refractivity contribution in [2.75, 3.05) is 25.0 Å². The molecule has 1 fully saturated rings. The van der Waals surface area contributed by atoms with E-state index in [1.54, 1.807) is 12.1 Å². The van der Waals surface area contributed by atoms with Gasteiger partial charge in [0.25, 0.3) is 0 Å². The molecule has 1 saturated heterocycles. The van der Waals surface area contributed by atoms with E-state index < -0.39 is 0 Å². The van der Waals surface area contributed by atoms with E-state index in [9.17, 15) is 9.18 Å². The number of carbonyl (C=O) groups is 1. The molecule has 36 heavy (non-hydrogen) atoms. The molecule has 1 aliphatic heterocycles. The highest BCUT2D eigenvalue weighted by atomic mass is 19.1. The largest absolute Gasteiger partial charge is 0.486 e. The van der Waals surface area contributed by atoms with Gasteiger partial charge in [-0.25, -0.2) is 4.39 Å². The van der Waals surface area contributed by atoms with Gasteiger partial charge in [-0.15, -0.1) is 0 Å². The molecule has 1 aliphatic rings. The predicted molar refractivity (Wildman–Crippen MR) is 146 cm³/mol. The van der Waals surface area contributed by atoms with Crippen LogP contribution in [0.5, 0.6) is 0 Å². The molecule has 5 heteroatoms. The third-order valence-electron chi connectivity index (χ3n) is 6.57. The van der Waals surface area contributed by atoms with E-state index in [1.165, 1.54) is 17.7 Å². The Morgan fingerprint density at radius 1 is 1.17 bits per heavy atom. The zero-order chi connectivity index (χ0) is 25.9. The van der Waals surface area contributed by atoms with Crippen molar-refractivity contribution in [3.8, 4) is 0 Å². The minimum absolute atomic E-state index is 0.0408. The lowest BCUT2D eigenvalue weighted by Gasteiger charge is -2.33. The Balaban J connectivity index is 1.56. The predicted octanol–water partition coefficient (Wildman–Crippen LogP) is 7.39. The molecule has 1 heterocycles. The number of likely N-dealkylation sites (tertiary alicyclic amines) is 1. The van der Waals surface area contributed by atoms with Gasteiger partial charge in [0, 0.05) is 24.6 Å². The van der Waals surface area contributed by atoms with Crippen LogP contribution in [0.1, 0.15) is 63.2 Å². The van der Waals surface area contributed by atoms with Crippen molar-refractivity contribution in [1.29, 1.82) is 0 Å². The fourth-order valence-corrected chi connectivity index (χ4v) is 4.41. The van der Waals surface area contributed by atoms with Gasteiger partial charge in [-0.1, -0.05) is 62.9 Å². The van der Waals surface area contributed by atoms with E-state index in [1.807, 2.05) is 57.2 Å². The lowest BCUT2D eigenvalue weighted by Crippen LogP contribution is -2.34. The van der Waals surface area contributed by atoms with Crippen LogP contribution in [0.3, 0.4) is 0 Å². The van der Waals surface area contributed by atoms with Gasteiger partial charge in [0.15, 0.2) is 0 Å². The molecule has 192 valence electrons. The van der Waals surface area contributed by atoms with E-state index in [-0.39, 0.29) is 23.7 Å². The maximum Gasteiger partial charge on any atom is 0.226 e. The second-order valence-corrected chi connectivity index (χ2v) is 9.68. The Hall–Kier alpha value is -3.18. The Morgan fingerprint density at radius 3 is 2.56 bits per heavy atom. The number of benzene rings is 2. The quantitative estimate of drug-likeness (QED) is 0.264. The molecular weight excluding hydrogens is 451 g/mol. The van der Waals surface area contributed by atoms with Crippen LogP contribution < -0.4 is 5.32 Å². The molecule has 0 radical (unpaired) electrons. The number of ether oxygens (including phenoxy) is 1. The van der Waals surface area contributed by atoms with E-state index in [0.29, 0.717) is 11.7 Å². The van der Waals surface area contributed by atoms with Crippen LogP contribution in [0.15, 0.2) is 85.2 Å². The fourth-order valence-electron chi connectivity index (χ4n) is 4.41. The summed E-state index contributed by atoms with van der Waals surface area (Å²) >= 11 is 0. The monoisotopic (exact) mass is 490 g/mol. The molecule has 1 atom stereocenters. The standard InChI is InChI=1S/C31H39FN2O2/c1-5-6-7-9-24(4)36-30(26-12-14-28(32)15-13-26)18-21-34-19-16-25(17-20-34)27-10-8-11-29(22-27)33-31(35)23(2)3/h5-15,22-23,25,30H,4,16-21H2,1-3H3,(H,33,35)/b6-5-,9-7-. The normalized spacial score (nSPS) is 16.0. The first-order valence-electron chi connectivity index (χ1n) is 12.9. The van der Waals surface area contributed by atoms with Crippen LogP contribution in [0.4, 0.5) is 10.1 Å². The second-order valence-electron chi connectivity index (χ2n) is 9.68. The number of nitrogens with one attached hydrogen (secondary N) is 1. The molecule has 0 aromatic heterocycles. The zero-order valence-electron chi connectivity index (χ0n) is 21.8. The molecule has 4 nitrogen and oxygen atoms in total. The van der Waals surface area contributed by atoms with Gasteiger partial charge in [0.1, 0.15) is 17.7 Å². The number of allylic oxidation sites excluding steroid dienone is 4. The number of hydrogen-bond acceptors (Lipinski definition) is 3. The van der Waals surface area contributed by atoms with E-state index in [0.717, 1.165) is 50.1 Å². The second kappa shape index (κ2) is 13.8. The van der Waals surface area contributed by atoms with Crippen LogP contribution >= 0.6 is 0 Å². The van der Waals surface area contributed by atoms with Gasteiger partial charge in [-0.3, -0.25) is 4.79 Å². The summed E-state index contributed by atoms with van der Waals surface area (Å²) < 4.78 is 19.7. The number of amides is 1. The van der Waals surface area contributed by atoms with Crippen LogP contribution in [0.2, 0.25) is 0 Å². The highest BCUT2D eigenvalue weighted by Crippen LogP contribution is 2.31. The molecule has 0 spiro atoms. The molecule has 2 aromatic carbocycles. The molecule has 2 aromatic rings. The number of halogens is 1. The summed E-state index contributed by atoms with van der Waals surface area (Å²) in [6.07, 6.45) is 10.4. The number of piperidine rings is 1. The minimum atomic E-state index is -0.251. The lowest BCUT2D eigenvalue weighted by molar-refractivity contribution is -0.118. The smallest absolute Gasteiger partial charge is 0.226 e. The van der Waals surface area contributed by atoms with Crippen LogP contribution in [-0.2, 0) is 9.53 Å². The Morgan fingerprint density at radius 2 is 1.89 bits per heavy atom. The molecule has 0 saturated carbocycles. The first-order valence-corrected chi connectivity index (χ1v) is 12.9. The van der Waals surface area contributed by atoms with Gasteiger partial charge in [-0.05, 0) is 80.2 Å². The SMILES string of the molecule is C=C(/C=C\C=C/C)OC(CCN1CCC(c2cccc(NC(=O)C(C)C)c2)CC1)c1ccc(F)cc1. The molecule has 0 aliphatic carbocycles. The van der Waals surface area contributed by atoms with Gasteiger partial charge in [-0.2, -0.15) is 0 Å². The summed E-state index contributed by atoms with van der Waals surface area (Å²) in [4.78, 5) is 14.5.